The molecule has 0 aliphatic heterocycles. The molecule has 1 amide bonds. The van der Waals surface area contributed by atoms with E-state index in [4.69, 9.17) is 22.1 Å². The molecule has 150 valence electrons. The van der Waals surface area contributed by atoms with Crippen molar-refractivity contribution in [3.05, 3.63) is 94.8 Å². The van der Waals surface area contributed by atoms with Crippen LogP contribution in [0.2, 0.25) is 5.02 Å². The van der Waals surface area contributed by atoms with Gasteiger partial charge in [-0.1, -0.05) is 54.1 Å². The van der Waals surface area contributed by atoms with E-state index in [2.05, 4.69) is 5.32 Å². The Morgan fingerprint density at radius 1 is 1.03 bits per heavy atom. The summed E-state index contributed by atoms with van der Waals surface area (Å²) in [6, 6.07) is 20.6. The van der Waals surface area contributed by atoms with Gasteiger partial charge in [0.05, 0.1) is 0 Å². The van der Waals surface area contributed by atoms with E-state index in [9.17, 15) is 9.18 Å². The number of hydrogen-bond donors (Lipinski definition) is 2. The molecule has 0 saturated heterocycles. The second kappa shape index (κ2) is 10.0. The minimum Gasteiger partial charge on any atom is -0.457 e. The molecule has 3 aromatic rings. The summed E-state index contributed by atoms with van der Waals surface area (Å²) in [5.74, 6) is 0.690. The molecule has 0 saturated carbocycles. The zero-order valence-electron chi connectivity index (χ0n) is 15.8. The standard InChI is InChI=1S/C23H22ClFN2O2/c24-20-10-6-12-22(29-18-8-2-1-3-9-18)19(20)15-27-23(28)14-17(26)13-16-7-4-5-11-21(16)25/h1-12,17H,13-15,26H2,(H,27,28)/t17-/m1/s1. The third kappa shape index (κ3) is 6.04. The van der Waals surface area contributed by atoms with E-state index in [1.165, 1.54) is 6.07 Å². The third-order valence-electron chi connectivity index (χ3n) is 4.40. The number of halogens is 2. The van der Waals surface area contributed by atoms with Gasteiger partial charge in [-0.05, 0) is 42.3 Å². The Kier molecular flexibility index (Phi) is 7.22. The zero-order chi connectivity index (χ0) is 20.6. The predicted molar refractivity (Wildman–Crippen MR) is 113 cm³/mol. The van der Waals surface area contributed by atoms with Gasteiger partial charge in [-0.2, -0.15) is 0 Å². The highest BCUT2D eigenvalue weighted by Gasteiger charge is 2.15. The van der Waals surface area contributed by atoms with Crippen molar-refractivity contribution in [1.82, 2.24) is 5.32 Å². The van der Waals surface area contributed by atoms with E-state index < -0.39 is 6.04 Å². The fraction of sp³-hybridized carbons (Fsp3) is 0.174. The van der Waals surface area contributed by atoms with E-state index in [0.717, 1.165) is 0 Å². The Labute approximate surface area is 174 Å². The molecule has 0 aliphatic rings. The van der Waals surface area contributed by atoms with Gasteiger partial charge in [-0.3, -0.25) is 4.79 Å². The van der Waals surface area contributed by atoms with Crippen LogP contribution < -0.4 is 15.8 Å². The van der Waals surface area contributed by atoms with E-state index in [1.54, 1.807) is 36.4 Å². The summed E-state index contributed by atoms with van der Waals surface area (Å²) in [6.07, 6.45) is 0.363. The summed E-state index contributed by atoms with van der Waals surface area (Å²) in [4.78, 5) is 12.3. The number of carbonyl (C=O) groups excluding carboxylic acids is 1. The van der Waals surface area contributed by atoms with Crippen molar-refractivity contribution < 1.29 is 13.9 Å². The van der Waals surface area contributed by atoms with Gasteiger partial charge in [0, 0.05) is 29.6 Å². The number of nitrogens with one attached hydrogen (secondary N) is 1. The maximum absolute atomic E-state index is 13.7. The molecule has 4 nitrogen and oxygen atoms in total. The molecule has 6 heteroatoms. The molecule has 0 fully saturated rings. The van der Waals surface area contributed by atoms with Crippen LogP contribution in [0.3, 0.4) is 0 Å². The average Bonchev–Trinajstić information content (AvgIpc) is 2.70. The molecule has 3 aromatic carbocycles. The second-order valence-corrected chi connectivity index (χ2v) is 7.08. The van der Waals surface area contributed by atoms with Gasteiger partial charge < -0.3 is 15.8 Å². The van der Waals surface area contributed by atoms with Gasteiger partial charge in [0.25, 0.3) is 0 Å². The number of rotatable bonds is 8. The van der Waals surface area contributed by atoms with Crippen LogP contribution >= 0.6 is 11.6 Å². The summed E-state index contributed by atoms with van der Waals surface area (Å²) >= 11 is 6.31. The number of nitrogens with two attached hydrogens (primary N) is 1. The van der Waals surface area contributed by atoms with Crippen LogP contribution in [-0.4, -0.2) is 11.9 Å². The maximum Gasteiger partial charge on any atom is 0.221 e. The van der Waals surface area contributed by atoms with E-state index in [1.807, 2.05) is 30.3 Å². The van der Waals surface area contributed by atoms with Crippen LogP contribution in [0.5, 0.6) is 11.5 Å². The number of amides is 1. The molecule has 0 aliphatic carbocycles. The zero-order valence-corrected chi connectivity index (χ0v) is 16.5. The molecular formula is C23H22ClFN2O2. The topological polar surface area (TPSA) is 64.4 Å². The first kappa shape index (κ1) is 20.8. The fourth-order valence-electron chi connectivity index (χ4n) is 2.94. The Bertz CT molecular complexity index is 966. The van der Waals surface area contributed by atoms with Crippen LogP contribution in [0, 0.1) is 5.82 Å². The molecule has 0 bridgehead atoms. The van der Waals surface area contributed by atoms with E-state index >= 15 is 0 Å². The SMILES string of the molecule is N[C@@H](CC(=O)NCc1c(Cl)cccc1Oc1ccccc1)Cc1ccccc1F. The van der Waals surface area contributed by atoms with E-state index in [0.29, 0.717) is 27.6 Å². The molecule has 1 atom stereocenters. The molecule has 3 rings (SSSR count). The van der Waals surface area contributed by atoms with Crippen LogP contribution in [0.4, 0.5) is 4.39 Å². The molecule has 29 heavy (non-hydrogen) atoms. The van der Waals surface area contributed by atoms with Crippen molar-refractivity contribution in [3.8, 4) is 11.5 Å². The summed E-state index contributed by atoms with van der Waals surface area (Å²) in [5, 5.41) is 3.31. The summed E-state index contributed by atoms with van der Waals surface area (Å²) < 4.78 is 19.6. The Morgan fingerprint density at radius 2 is 1.76 bits per heavy atom. The lowest BCUT2D eigenvalue weighted by Gasteiger charge is -2.15. The summed E-state index contributed by atoms with van der Waals surface area (Å²) in [5.41, 5.74) is 7.20. The van der Waals surface area contributed by atoms with Gasteiger partial charge in [0.15, 0.2) is 0 Å². The van der Waals surface area contributed by atoms with Gasteiger partial charge in [0.2, 0.25) is 5.91 Å². The molecule has 0 unspecified atom stereocenters. The molecule has 3 N–H and O–H groups in total. The second-order valence-electron chi connectivity index (χ2n) is 6.67. The van der Waals surface area contributed by atoms with Crippen molar-refractivity contribution in [2.24, 2.45) is 5.73 Å². The maximum atomic E-state index is 13.7. The van der Waals surface area contributed by atoms with Gasteiger partial charge >= 0.3 is 0 Å². The third-order valence-corrected chi connectivity index (χ3v) is 4.75. The highest BCUT2D eigenvalue weighted by Crippen LogP contribution is 2.30. The monoisotopic (exact) mass is 412 g/mol. The minimum atomic E-state index is -0.488. The first-order chi connectivity index (χ1) is 14.0. The highest BCUT2D eigenvalue weighted by atomic mass is 35.5. The number of ether oxygens (including phenoxy) is 1. The van der Waals surface area contributed by atoms with E-state index in [-0.39, 0.29) is 31.1 Å². The van der Waals surface area contributed by atoms with Crippen LogP contribution in [0.15, 0.2) is 72.8 Å². The lowest BCUT2D eigenvalue weighted by atomic mass is 10.0. The predicted octanol–water partition coefficient (Wildman–Crippen LogP) is 4.85. The normalized spacial score (nSPS) is 11.7. The van der Waals surface area contributed by atoms with Crippen molar-refractivity contribution in [1.29, 1.82) is 0 Å². The first-order valence-corrected chi connectivity index (χ1v) is 9.66. The lowest BCUT2D eigenvalue weighted by Crippen LogP contribution is -2.33. The number of para-hydroxylation sites is 1. The summed E-state index contributed by atoms with van der Waals surface area (Å²) in [7, 11) is 0. The molecule has 0 radical (unpaired) electrons. The lowest BCUT2D eigenvalue weighted by molar-refractivity contribution is -0.121. The Balaban J connectivity index is 1.59. The first-order valence-electron chi connectivity index (χ1n) is 9.29. The van der Waals surface area contributed by atoms with Gasteiger partial charge in [-0.15, -0.1) is 0 Å². The largest absolute Gasteiger partial charge is 0.457 e. The van der Waals surface area contributed by atoms with Crippen molar-refractivity contribution >= 4 is 17.5 Å². The quantitative estimate of drug-likeness (QED) is 0.556. The number of benzene rings is 3. The number of hydrogen-bond acceptors (Lipinski definition) is 3. The van der Waals surface area contributed by atoms with Crippen LogP contribution in [-0.2, 0) is 17.8 Å². The minimum absolute atomic E-state index is 0.0770. The van der Waals surface area contributed by atoms with Crippen LogP contribution in [0.1, 0.15) is 17.5 Å². The highest BCUT2D eigenvalue weighted by molar-refractivity contribution is 6.31. The molecule has 0 spiro atoms. The smallest absolute Gasteiger partial charge is 0.221 e. The van der Waals surface area contributed by atoms with Gasteiger partial charge in [-0.25, -0.2) is 4.39 Å². The molecule has 0 aromatic heterocycles. The summed E-state index contributed by atoms with van der Waals surface area (Å²) in [6.45, 7) is 0.201. The molecular weight excluding hydrogens is 391 g/mol. The van der Waals surface area contributed by atoms with Gasteiger partial charge in [0.1, 0.15) is 17.3 Å². The van der Waals surface area contributed by atoms with Crippen LogP contribution in [0.25, 0.3) is 0 Å². The Morgan fingerprint density at radius 3 is 2.52 bits per heavy atom. The Hall–Kier alpha value is -2.89. The van der Waals surface area contributed by atoms with Crippen molar-refractivity contribution in [2.45, 2.75) is 25.4 Å². The van der Waals surface area contributed by atoms with Crippen molar-refractivity contribution in [3.63, 3.8) is 0 Å². The average molecular weight is 413 g/mol. The molecule has 0 heterocycles. The number of carbonyl (C=O) groups is 1. The van der Waals surface area contributed by atoms with Crippen molar-refractivity contribution in [2.75, 3.05) is 0 Å². The fourth-order valence-corrected chi connectivity index (χ4v) is 3.17.